The molecule has 0 saturated carbocycles. The number of benzene rings is 1. The van der Waals surface area contributed by atoms with Crippen LogP contribution in [0, 0.1) is 10.1 Å². The average Bonchev–Trinajstić information content (AvgIpc) is 2.79. The van der Waals surface area contributed by atoms with Crippen LogP contribution in [-0.4, -0.2) is 113 Å². The van der Waals surface area contributed by atoms with Gasteiger partial charge in [-0.3, -0.25) is 34.2 Å². The summed E-state index contributed by atoms with van der Waals surface area (Å²) in [5.41, 5.74) is 0.951. The fraction of sp³-hybridized carbons (Fsp3) is 0.583. The second-order valence-electron chi connectivity index (χ2n) is 8.16. The molecule has 15 nitrogen and oxygen atoms in total. The summed E-state index contributed by atoms with van der Waals surface area (Å²) in [6.07, 6.45) is 1.03. The number of rotatable bonds is 6. The Morgan fingerprint density at radius 2 is 1.15 bits per heavy atom. The van der Waals surface area contributed by atoms with E-state index in [-0.39, 0.29) is 5.69 Å². The molecule has 1 heterocycles. The van der Waals surface area contributed by atoms with E-state index in [2.05, 4.69) is 16.0 Å². The number of hydrogen-bond acceptors (Lipinski definition) is 10. The maximum atomic E-state index is 11.9. The van der Waals surface area contributed by atoms with E-state index < -0.39 is 34.8 Å². The highest BCUT2D eigenvalue weighted by molar-refractivity contribution is 5.73. The standard InChI is InChI=1S/C18H29N5O4.3C2H4O2/c24-18(25)17(6-3-15-1-4-16(5-2-15)23(26)27)22-13-11-20-9-7-19-8-10-21-12-14-22;3*1-2(3)4/h1-2,4-5,17,19-21H,3,6-14H2,(H,24,25);3*1H3,(H,3,4). The van der Waals surface area contributed by atoms with E-state index in [4.69, 9.17) is 29.7 Å². The minimum atomic E-state index is -0.833. The lowest BCUT2D eigenvalue weighted by Gasteiger charge is -2.29. The van der Waals surface area contributed by atoms with Crippen molar-refractivity contribution in [1.29, 1.82) is 0 Å². The zero-order valence-corrected chi connectivity index (χ0v) is 22.6. The molecular formula is C24H41N5O10. The van der Waals surface area contributed by atoms with Crippen molar-refractivity contribution in [2.24, 2.45) is 0 Å². The van der Waals surface area contributed by atoms with Crippen molar-refractivity contribution in [3.63, 3.8) is 0 Å². The number of aliphatic carboxylic acids is 4. The van der Waals surface area contributed by atoms with Crippen LogP contribution in [0.15, 0.2) is 24.3 Å². The number of hydrogen-bond donors (Lipinski definition) is 7. The van der Waals surface area contributed by atoms with E-state index >= 15 is 0 Å². The van der Waals surface area contributed by atoms with Crippen LogP contribution in [0.25, 0.3) is 0 Å². The highest BCUT2D eigenvalue weighted by atomic mass is 16.6. The Hall–Kier alpha value is -3.66. The molecule has 15 heteroatoms. The summed E-state index contributed by atoms with van der Waals surface area (Å²) >= 11 is 0. The van der Waals surface area contributed by atoms with Crippen LogP contribution in [-0.2, 0) is 25.6 Å². The van der Waals surface area contributed by atoms with Crippen LogP contribution in [0.4, 0.5) is 5.69 Å². The third-order valence-corrected chi connectivity index (χ3v) is 4.69. The number of carboxylic acid groups (broad SMARTS) is 4. The summed E-state index contributed by atoms with van der Waals surface area (Å²) in [6, 6.07) is 5.74. The molecule has 2 rings (SSSR count). The van der Waals surface area contributed by atoms with Crippen molar-refractivity contribution in [2.45, 2.75) is 39.7 Å². The van der Waals surface area contributed by atoms with Crippen molar-refractivity contribution >= 4 is 29.6 Å². The van der Waals surface area contributed by atoms with E-state index in [9.17, 15) is 20.0 Å². The van der Waals surface area contributed by atoms with Gasteiger partial charge >= 0.3 is 5.97 Å². The predicted octanol–water partition coefficient (Wildman–Crippen LogP) is 0.338. The van der Waals surface area contributed by atoms with E-state index in [1.807, 2.05) is 4.90 Å². The second-order valence-corrected chi connectivity index (χ2v) is 8.16. The molecule has 0 aromatic heterocycles. The Bertz CT molecular complexity index is 815. The monoisotopic (exact) mass is 559 g/mol. The number of carbonyl (C=O) groups is 4. The lowest BCUT2D eigenvalue weighted by atomic mass is 10.0. The Labute approximate surface area is 227 Å². The van der Waals surface area contributed by atoms with Gasteiger partial charge in [0.1, 0.15) is 6.04 Å². The molecule has 1 aliphatic heterocycles. The molecule has 0 radical (unpaired) electrons. The SMILES string of the molecule is CC(=O)O.CC(=O)O.CC(=O)O.O=C(O)C(CCc1ccc([N+](=O)[O-])cc1)N1CCNCCNCCNCC1. The van der Waals surface area contributed by atoms with Gasteiger partial charge in [-0.05, 0) is 18.4 Å². The zero-order chi connectivity index (χ0) is 30.2. The number of carboxylic acids is 4. The average molecular weight is 560 g/mol. The summed E-state index contributed by atoms with van der Waals surface area (Å²) in [6.45, 7) is 9.56. The molecule has 1 aromatic rings. The Morgan fingerprint density at radius 1 is 0.795 bits per heavy atom. The highest BCUT2D eigenvalue weighted by Gasteiger charge is 2.25. The first-order valence-electron chi connectivity index (χ1n) is 12.2. The number of nitro benzene ring substituents is 1. The fourth-order valence-corrected chi connectivity index (χ4v) is 3.15. The van der Waals surface area contributed by atoms with Gasteiger partial charge in [-0.1, -0.05) is 12.1 Å². The van der Waals surface area contributed by atoms with Gasteiger partial charge in [-0.2, -0.15) is 0 Å². The largest absolute Gasteiger partial charge is 0.481 e. The van der Waals surface area contributed by atoms with Crippen molar-refractivity contribution in [2.75, 3.05) is 52.4 Å². The second kappa shape index (κ2) is 23.5. The van der Waals surface area contributed by atoms with E-state index in [0.29, 0.717) is 25.9 Å². The van der Waals surface area contributed by atoms with Crippen LogP contribution in [0.5, 0.6) is 0 Å². The molecule has 1 saturated heterocycles. The van der Waals surface area contributed by atoms with Crippen molar-refractivity contribution in [3.8, 4) is 0 Å². The minimum absolute atomic E-state index is 0.0447. The van der Waals surface area contributed by atoms with Crippen LogP contribution in [0.1, 0.15) is 32.8 Å². The van der Waals surface area contributed by atoms with Gasteiger partial charge in [0, 0.05) is 85.3 Å². The maximum Gasteiger partial charge on any atom is 0.320 e. The zero-order valence-electron chi connectivity index (χ0n) is 22.6. The van der Waals surface area contributed by atoms with Crippen LogP contribution >= 0.6 is 0 Å². The molecule has 0 amide bonds. The fourth-order valence-electron chi connectivity index (χ4n) is 3.15. The third-order valence-electron chi connectivity index (χ3n) is 4.69. The van der Waals surface area contributed by atoms with Gasteiger partial charge in [-0.25, -0.2) is 0 Å². The molecule has 0 aliphatic carbocycles. The molecule has 39 heavy (non-hydrogen) atoms. The summed E-state index contributed by atoms with van der Waals surface area (Å²) in [7, 11) is 0. The summed E-state index contributed by atoms with van der Waals surface area (Å²) in [5, 5.41) is 52.7. The molecule has 1 aromatic carbocycles. The molecule has 1 unspecified atom stereocenters. The highest BCUT2D eigenvalue weighted by Crippen LogP contribution is 2.15. The quantitative estimate of drug-likeness (QED) is 0.184. The normalized spacial score (nSPS) is 14.9. The van der Waals surface area contributed by atoms with Gasteiger partial charge in [0.2, 0.25) is 0 Å². The number of nitro groups is 1. The molecule has 1 fully saturated rings. The van der Waals surface area contributed by atoms with Crippen molar-refractivity contribution < 1.29 is 44.5 Å². The first kappa shape index (κ1) is 37.5. The molecule has 0 bridgehead atoms. The van der Waals surface area contributed by atoms with Crippen molar-refractivity contribution in [1.82, 2.24) is 20.9 Å². The van der Waals surface area contributed by atoms with Crippen molar-refractivity contribution in [3.05, 3.63) is 39.9 Å². The molecule has 222 valence electrons. The summed E-state index contributed by atoms with van der Waals surface area (Å²) < 4.78 is 0. The Balaban J connectivity index is 0. The molecule has 7 N–H and O–H groups in total. The third kappa shape index (κ3) is 25.8. The van der Waals surface area contributed by atoms with Gasteiger partial charge in [0.25, 0.3) is 23.6 Å². The first-order chi connectivity index (χ1) is 18.3. The molecular weight excluding hydrogens is 518 g/mol. The van der Waals surface area contributed by atoms with Gasteiger partial charge in [0.15, 0.2) is 0 Å². The topological polar surface area (TPSA) is 232 Å². The van der Waals surface area contributed by atoms with Crippen LogP contribution in [0.2, 0.25) is 0 Å². The molecule has 1 atom stereocenters. The lowest BCUT2D eigenvalue weighted by molar-refractivity contribution is -0.384. The Morgan fingerprint density at radius 3 is 1.49 bits per heavy atom. The minimum Gasteiger partial charge on any atom is -0.481 e. The van der Waals surface area contributed by atoms with Gasteiger partial charge in [-0.15, -0.1) is 0 Å². The number of non-ortho nitro benzene ring substituents is 1. The molecule has 0 spiro atoms. The number of aryl methyl sites for hydroxylation is 1. The smallest absolute Gasteiger partial charge is 0.320 e. The van der Waals surface area contributed by atoms with Gasteiger partial charge in [0.05, 0.1) is 4.92 Å². The maximum absolute atomic E-state index is 11.9. The van der Waals surface area contributed by atoms with E-state index in [1.165, 1.54) is 12.1 Å². The Kier molecular flexibility index (Phi) is 22.5. The number of nitrogens with zero attached hydrogens (tertiary/aromatic N) is 2. The lowest BCUT2D eigenvalue weighted by Crippen LogP contribution is -2.48. The summed E-state index contributed by atoms with van der Waals surface area (Å²) in [4.78, 5) is 51.2. The predicted molar refractivity (Wildman–Crippen MR) is 143 cm³/mol. The molecule has 1 aliphatic rings. The van der Waals surface area contributed by atoms with E-state index in [1.54, 1.807) is 12.1 Å². The van der Waals surface area contributed by atoms with Crippen LogP contribution < -0.4 is 16.0 Å². The first-order valence-corrected chi connectivity index (χ1v) is 12.2. The number of nitrogens with one attached hydrogen (secondary N) is 3. The summed E-state index contributed by atoms with van der Waals surface area (Å²) in [5.74, 6) is -3.33. The van der Waals surface area contributed by atoms with Gasteiger partial charge < -0.3 is 36.4 Å². The van der Waals surface area contributed by atoms with E-state index in [0.717, 1.165) is 65.6 Å². The van der Waals surface area contributed by atoms with Crippen LogP contribution in [0.3, 0.4) is 0 Å².